The molecule has 102 valence electrons. The molecule has 2 rings (SSSR count). The molecule has 0 amide bonds. The fourth-order valence-electron chi connectivity index (χ4n) is 2.51. The molecule has 0 radical (unpaired) electrons. The van der Waals surface area contributed by atoms with E-state index in [1.54, 1.807) is 0 Å². The van der Waals surface area contributed by atoms with Crippen molar-refractivity contribution < 1.29 is 0 Å². The summed E-state index contributed by atoms with van der Waals surface area (Å²) in [5.74, 6) is 0. The molecule has 0 unspecified atom stereocenters. The third kappa shape index (κ3) is 3.56. The van der Waals surface area contributed by atoms with Gasteiger partial charge in [0, 0.05) is 13.6 Å². The summed E-state index contributed by atoms with van der Waals surface area (Å²) in [5.41, 5.74) is 2.29. The lowest BCUT2D eigenvalue weighted by molar-refractivity contribution is 0.330. The zero-order valence-electron chi connectivity index (χ0n) is 11.4. The van der Waals surface area contributed by atoms with Crippen molar-refractivity contribution in [2.24, 2.45) is 7.05 Å². The van der Waals surface area contributed by atoms with Crippen molar-refractivity contribution in [3.05, 3.63) is 15.9 Å². The van der Waals surface area contributed by atoms with Gasteiger partial charge in [-0.3, -0.25) is 4.68 Å². The highest BCUT2D eigenvalue weighted by atomic mass is 79.9. The van der Waals surface area contributed by atoms with Gasteiger partial charge in [-0.1, -0.05) is 0 Å². The maximum atomic E-state index is 4.39. The van der Waals surface area contributed by atoms with Crippen molar-refractivity contribution in [3.8, 4) is 0 Å². The van der Waals surface area contributed by atoms with Gasteiger partial charge in [0.2, 0.25) is 0 Å². The molecular weight excluding hydrogens is 292 g/mol. The maximum absolute atomic E-state index is 4.39. The molecule has 1 aromatic rings. The van der Waals surface area contributed by atoms with Crippen LogP contribution < -0.4 is 5.32 Å². The molecule has 5 heteroatoms. The number of nitrogens with zero attached hydrogens (tertiary/aromatic N) is 3. The second-order valence-corrected chi connectivity index (χ2v) is 5.84. The van der Waals surface area contributed by atoms with Gasteiger partial charge in [-0.2, -0.15) is 5.10 Å². The van der Waals surface area contributed by atoms with Gasteiger partial charge in [-0.05, 0) is 68.3 Å². The molecule has 2 heterocycles. The van der Waals surface area contributed by atoms with Gasteiger partial charge in [0.05, 0.1) is 15.9 Å². The molecule has 1 aliphatic heterocycles. The Balaban J connectivity index is 1.65. The van der Waals surface area contributed by atoms with E-state index in [9.17, 15) is 0 Å². The van der Waals surface area contributed by atoms with Gasteiger partial charge in [0.25, 0.3) is 0 Å². The van der Waals surface area contributed by atoms with Gasteiger partial charge in [-0.25, -0.2) is 0 Å². The van der Waals surface area contributed by atoms with E-state index in [-0.39, 0.29) is 0 Å². The van der Waals surface area contributed by atoms with Gasteiger partial charge in [0.1, 0.15) is 0 Å². The van der Waals surface area contributed by atoms with Crippen molar-refractivity contribution in [2.75, 3.05) is 26.2 Å². The Morgan fingerprint density at radius 1 is 1.33 bits per heavy atom. The summed E-state index contributed by atoms with van der Waals surface area (Å²) in [7, 11) is 2.00. The first-order valence-electron chi connectivity index (χ1n) is 6.79. The standard InChI is InChI=1S/C13H23BrN4/c1-11-13(14)12(17(2)16-11)10-15-6-5-9-18-7-3-4-8-18/h15H,3-10H2,1-2H3. The molecular formula is C13H23BrN4. The molecule has 1 N–H and O–H groups in total. The van der Waals surface area contributed by atoms with Crippen LogP contribution in [0.2, 0.25) is 0 Å². The molecule has 0 spiro atoms. The highest BCUT2D eigenvalue weighted by Gasteiger charge is 2.11. The molecule has 1 aromatic heterocycles. The predicted molar refractivity (Wildman–Crippen MR) is 77.6 cm³/mol. The minimum Gasteiger partial charge on any atom is -0.311 e. The molecule has 18 heavy (non-hydrogen) atoms. The number of hydrogen-bond acceptors (Lipinski definition) is 3. The first-order chi connectivity index (χ1) is 8.68. The van der Waals surface area contributed by atoms with Crippen LogP contribution >= 0.6 is 15.9 Å². The molecule has 1 saturated heterocycles. The Hall–Kier alpha value is -0.390. The minimum absolute atomic E-state index is 0.887. The highest BCUT2D eigenvalue weighted by Crippen LogP contribution is 2.19. The molecule has 0 aliphatic carbocycles. The van der Waals surface area contributed by atoms with E-state index < -0.39 is 0 Å². The molecule has 0 aromatic carbocycles. The summed E-state index contributed by atoms with van der Waals surface area (Å²) in [6, 6.07) is 0. The molecule has 1 fully saturated rings. The van der Waals surface area contributed by atoms with Gasteiger partial charge in [0.15, 0.2) is 0 Å². The Labute approximate surface area is 118 Å². The topological polar surface area (TPSA) is 33.1 Å². The lowest BCUT2D eigenvalue weighted by atomic mass is 10.3. The van der Waals surface area contributed by atoms with Crippen LogP contribution in [0.3, 0.4) is 0 Å². The van der Waals surface area contributed by atoms with Crippen LogP contribution in [0.15, 0.2) is 4.47 Å². The number of rotatable bonds is 6. The lowest BCUT2D eigenvalue weighted by Gasteiger charge is -2.14. The van der Waals surface area contributed by atoms with Gasteiger partial charge < -0.3 is 10.2 Å². The summed E-state index contributed by atoms with van der Waals surface area (Å²) in [4.78, 5) is 2.56. The third-order valence-electron chi connectivity index (χ3n) is 3.58. The van der Waals surface area contributed by atoms with Crippen LogP contribution in [-0.4, -0.2) is 40.9 Å². The van der Waals surface area contributed by atoms with E-state index in [0.29, 0.717) is 0 Å². The summed E-state index contributed by atoms with van der Waals surface area (Å²) >= 11 is 3.59. The molecule has 0 saturated carbocycles. The van der Waals surface area contributed by atoms with E-state index in [1.807, 2.05) is 18.7 Å². The quantitative estimate of drug-likeness (QED) is 0.816. The van der Waals surface area contributed by atoms with E-state index in [2.05, 4.69) is 31.2 Å². The Bertz CT molecular complexity index is 383. The summed E-state index contributed by atoms with van der Waals surface area (Å²) in [5, 5.41) is 7.90. The lowest BCUT2D eigenvalue weighted by Crippen LogP contribution is -2.25. The zero-order chi connectivity index (χ0) is 13.0. The van der Waals surface area contributed by atoms with Crippen LogP contribution in [0.25, 0.3) is 0 Å². The summed E-state index contributed by atoms with van der Waals surface area (Å²) in [6.45, 7) is 7.82. The van der Waals surface area contributed by atoms with Gasteiger partial charge >= 0.3 is 0 Å². The number of nitrogens with one attached hydrogen (secondary N) is 1. The molecule has 0 atom stereocenters. The summed E-state index contributed by atoms with van der Waals surface area (Å²) in [6.07, 6.45) is 4.00. The number of hydrogen-bond donors (Lipinski definition) is 1. The number of aryl methyl sites for hydroxylation is 2. The third-order valence-corrected chi connectivity index (χ3v) is 4.61. The first-order valence-corrected chi connectivity index (χ1v) is 7.59. The van der Waals surface area contributed by atoms with Crippen molar-refractivity contribution in [3.63, 3.8) is 0 Å². The number of likely N-dealkylation sites (tertiary alicyclic amines) is 1. The number of halogens is 1. The van der Waals surface area contributed by atoms with Crippen LogP contribution in [-0.2, 0) is 13.6 Å². The maximum Gasteiger partial charge on any atom is 0.0739 e. The fraction of sp³-hybridized carbons (Fsp3) is 0.769. The Kier molecular flexibility index (Phi) is 5.21. The Morgan fingerprint density at radius 3 is 2.67 bits per heavy atom. The average molecular weight is 315 g/mol. The Morgan fingerprint density at radius 2 is 2.06 bits per heavy atom. The highest BCUT2D eigenvalue weighted by molar-refractivity contribution is 9.10. The van der Waals surface area contributed by atoms with Gasteiger partial charge in [-0.15, -0.1) is 0 Å². The monoisotopic (exact) mass is 314 g/mol. The zero-order valence-corrected chi connectivity index (χ0v) is 13.0. The molecule has 4 nitrogen and oxygen atoms in total. The van der Waals surface area contributed by atoms with Crippen LogP contribution in [0, 0.1) is 6.92 Å². The van der Waals surface area contributed by atoms with Crippen molar-refractivity contribution in [1.82, 2.24) is 20.0 Å². The summed E-state index contributed by atoms with van der Waals surface area (Å²) < 4.78 is 3.09. The van der Waals surface area contributed by atoms with E-state index in [1.165, 1.54) is 44.6 Å². The fourth-order valence-corrected chi connectivity index (χ4v) is 2.99. The second-order valence-electron chi connectivity index (χ2n) is 5.05. The van der Waals surface area contributed by atoms with E-state index >= 15 is 0 Å². The van der Waals surface area contributed by atoms with Crippen LogP contribution in [0.5, 0.6) is 0 Å². The normalized spacial score (nSPS) is 16.6. The predicted octanol–water partition coefficient (Wildman–Crippen LogP) is 2.07. The molecule has 1 aliphatic rings. The largest absolute Gasteiger partial charge is 0.311 e. The minimum atomic E-state index is 0.887. The van der Waals surface area contributed by atoms with Crippen molar-refractivity contribution in [1.29, 1.82) is 0 Å². The molecule has 0 bridgehead atoms. The SMILES string of the molecule is Cc1nn(C)c(CNCCCN2CCCC2)c1Br. The number of aromatic nitrogens is 2. The second kappa shape index (κ2) is 6.68. The van der Waals surface area contributed by atoms with E-state index in [0.717, 1.165) is 23.3 Å². The van der Waals surface area contributed by atoms with Crippen LogP contribution in [0.4, 0.5) is 0 Å². The van der Waals surface area contributed by atoms with Crippen molar-refractivity contribution >= 4 is 15.9 Å². The van der Waals surface area contributed by atoms with Crippen LogP contribution in [0.1, 0.15) is 30.7 Å². The first kappa shape index (κ1) is 14.0. The average Bonchev–Trinajstić information content (AvgIpc) is 2.92. The van der Waals surface area contributed by atoms with E-state index in [4.69, 9.17) is 0 Å². The smallest absolute Gasteiger partial charge is 0.0739 e. The van der Waals surface area contributed by atoms with Crippen molar-refractivity contribution in [2.45, 2.75) is 32.7 Å².